The summed E-state index contributed by atoms with van der Waals surface area (Å²) in [6.45, 7) is 2.86. The fourth-order valence-corrected chi connectivity index (χ4v) is 6.55. The third kappa shape index (κ3) is 6.92. The summed E-state index contributed by atoms with van der Waals surface area (Å²) in [5.41, 5.74) is 1.17. The zero-order valence-electron chi connectivity index (χ0n) is 21.2. The van der Waals surface area contributed by atoms with Gasteiger partial charge in [0.15, 0.2) is 0 Å². The van der Waals surface area contributed by atoms with Crippen molar-refractivity contribution < 1.29 is 18.1 Å². The van der Waals surface area contributed by atoms with Gasteiger partial charge in [0.2, 0.25) is 10.0 Å². The van der Waals surface area contributed by atoms with Gasteiger partial charge in [-0.2, -0.15) is 9.57 Å². The van der Waals surface area contributed by atoms with Gasteiger partial charge in [0, 0.05) is 29.7 Å². The quantitative estimate of drug-likeness (QED) is 0.159. The maximum Gasteiger partial charge on any atom is 0.283 e. The van der Waals surface area contributed by atoms with Gasteiger partial charge < -0.3 is 5.32 Å². The predicted octanol–water partition coefficient (Wildman–Crippen LogP) is 5.77. The fraction of sp³-hybridized carbons (Fsp3) is 0.214. The number of anilines is 1. The van der Waals surface area contributed by atoms with Crippen LogP contribution in [0.4, 0.5) is 11.4 Å². The van der Waals surface area contributed by atoms with Crippen molar-refractivity contribution in [3.05, 3.63) is 93.5 Å². The average molecular weight is 563 g/mol. The molecule has 1 aliphatic rings. The van der Waals surface area contributed by atoms with Gasteiger partial charge in [-0.15, -0.1) is 0 Å². The minimum atomic E-state index is -3.70. The molecule has 0 unspecified atom stereocenters. The molecular formula is C28H26N4O5S2. The smallest absolute Gasteiger partial charge is 0.283 e. The summed E-state index contributed by atoms with van der Waals surface area (Å²) in [7, 11) is -3.70. The van der Waals surface area contributed by atoms with Crippen molar-refractivity contribution in [3.63, 3.8) is 0 Å². The van der Waals surface area contributed by atoms with Crippen molar-refractivity contribution in [1.82, 2.24) is 4.31 Å². The number of benzene rings is 3. The van der Waals surface area contributed by atoms with E-state index < -0.39 is 20.9 Å². The second-order valence-corrected chi connectivity index (χ2v) is 12.1. The number of carbonyl (C=O) groups is 1. The largest absolute Gasteiger partial charge is 0.321 e. The van der Waals surface area contributed by atoms with Crippen LogP contribution in [0.3, 0.4) is 0 Å². The lowest BCUT2D eigenvalue weighted by molar-refractivity contribution is -0.387. The molecule has 0 bridgehead atoms. The maximum atomic E-state index is 13.0. The van der Waals surface area contributed by atoms with Crippen molar-refractivity contribution in [2.45, 2.75) is 40.9 Å². The molecule has 11 heteroatoms. The number of nitro groups is 1. The van der Waals surface area contributed by atoms with Gasteiger partial charge in [-0.05, 0) is 67.8 Å². The molecule has 0 aromatic heterocycles. The van der Waals surface area contributed by atoms with Crippen LogP contribution in [0.2, 0.25) is 0 Å². The van der Waals surface area contributed by atoms with Crippen molar-refractivity contribution >= 4 is 45.1 Å². The minimum absolute atomic E-state index is 0.0574. The number of nitriles is 1. The number of hydrogen-bond donors (Lipinski definition) is 1. The Balaban J connectivity index is 1.54. The highest BCUT2D eigenvalue weighted by molar-refractivity contribution is 7.99. The number of rotatable bonds is 8. The molecule has 0 radical (unpaired) electrons. The van der Waals surface area contributed by atoms with Gasteiger partial charge in [0.05, 0.1) is 14.7 Å². The molecule has 4 rings (SSSR count). The Kier molecular flexibility index (Phi) is 8.81. The Morgan fingerprint density at radius 2 is 1.79 bits per heavy atom. The zero-order valence-corrected chi connectivity index (χ0v) is 22.8. The number of nitro benzene ring substituents is 1. The summed E-state index contributed by atoms with van der Waals surface area (Å²) in [6.07, 6.45) is 3.85. The van der Waals surface area contributed by atoms with E-state index in [1.807, 2.05) is 37.3 Å². The molecule has 39 heavy (non-hydrogen) atoms. The highest BCUT2D eigenvalue weighted by Gasteiger charge is 2.26. The molecule has 9 nitrogen and oxygen atoms in total. The third-order valence-electron chi connectivity index (χ3n) is 6.15. The Morgan fingerprint density at radius 1 is 1.08 bits per heavy atom. The van der Waals surface area contributed by atoms with Crippen molar-refractivity contribution in [2.24, 2.45) is 0 Å². The van der Waals surface area contributed by atoms with E-state index in [2.05, 4.69) is 5.32 Å². The van der Waals surface area contributed by atoms with Crippen LogP contribution < -0.4 is 5.32 Å². The van der Waals surface area contributed by atoms with E-state index in [1.54, 1.807) is 12.1 Å². The second kappa shape index (κ2) is 12.3. The van der Waals surface area contributed by atoms with E-state index in [9.17, 15) is 28.6 Å². The number of aryl methyl sites for hydroxylation is 1. The zero-order chi connectivity index (χ0) is 28.0. The highest BCUT2D eigenvalue weighted by atomic mass is 32.2. The Bertz CT molecular complexity index is 1570. The summed E-state index contributed by atoms with van der Waals surface area (Å²) in [4.78, 5) is 25.4. The van der Waals surface area contributed by atoms with Gasteiger partial charge in [-0.25, -0.2) is 8.42 Å². The first-order chi connectivity index (χ1) is 18.7. The van der Waals surface area contributed by atoms with Crippen LogP contribution in [0.25, 0.3) is 6.08 Å². The molecule has 0 saturated carbocycles. The highest BCUT2D eigenvalue weighted by Crippen LogP contribution is 2.36. The van der Waals surface area contributed by atoms with Crippen LogP contribution in [0, 0.1) is 28.4 Å². The summed E-state index contributed by atoms with van der Waals surface area (Å²) in [5.74, 6) is -0.759. The molecule has 3 aromatic rings. The van der Waals surface area contributed by atoms with Gasteiger partial charge in [-0.3, -0.25) is 14.9 Å². The van der Waals surface area contributed by atoms with E-state index >= 15 is 0 Å². The summed E-state index contributed by atoms with van der Waals surface area (Å²) < 4.78 is 27.4. The average Bonchev–Trinajstić information content (AvgIpc) is 2.94. The van der Waals surface area contributed by atoms with E-state index in [0.29, 0.717) is 23.5 Å². The summed E-state index contributed by atoms with van der Waals surface area (Å²) in [5, 5.41) is 23.9. The number of sulfonamides is 1. The third-order valence-corrected chi connectivity index (χ3v) is 9.12. The number of nitrogens with one attached hydrogen (secondary N) is 1. The van der Waals surface area contributed by atoms with Gasteiger partial charge in [0.1, 0.15) is 11.6 Å². The topological polar surface area (TPSA) is 133 Å². The Morgan fingerprint density at radius 3 is 2.46 bits per heavy atom. The molecule has 1 saturated heterocycles. The molecule has 200 valence electrons. The lowest BCUT2D eigenvalue weighted by atomic mass is 10.1. The van der Waals surface area contributed by atoms with Gasteiger partial charge >= 0.3 is 0 Å². The summed E-state index contributed by atoms with van der Waals surface area (Å²) in [6, 6.07) is 19.8. The van der Waals surface area contributed by atoms with Crippen LogP contribution in [-0.4, -0.2) is 36.6 Å². The van der Waals surface area contributed by atoms with Crippen molar-refractivity contribution in [3.8, 4) is 6.07 Å². The molecule has 1 N–H and O–H groups in total. The number of amides is 1. The first-order valence-corrected chi connectivity index (χ1v) is 14.5. The maximum absolute atomic E-state index is 13.0. The van der Waals surface area contributed by atoms with Gasteiger partial charge in [0.25, 0.3) is 11.6 Å². The molecule has 1 aliphatic heterocycles. The molecule has 0 aliphatic carbocycles. The van der Waals surface area contributed by atoms with E-state index in [-0.39, 0.29) is 21.8 Å². The van der Waals surface area contributed by atoms with E-state index in [4.69, 9.17) is 0 Å². The summed E-state index contributed by atoms with van der Waals surface area (Å²) >= 11 is 1.25. The van der Waals surface area contributed by atoms with Crippen molar-refractivity contribution in [1.29, 1.82) is 5.26 Å². The number of hydrogen-bond acceptors (Lipinski definition) is 7. The van der Waals surface area contributed by atoms with Crippen LogP contribution in [0.15, 0.2) is 87.0 Å². The Labute approximate surface area is 231 Å². The minimum Gasteiger partial charge on any atom is -0.321 e. The monoisotopic (exact) mass is 562 g/mol. The predicted molar refractivity (Wildman–Crippen MR) is 150 cm³/mol. The lowest BCUT2D eigenvalue weighted by Gasteiger charge is -2.26. The molecule has 1 heterocycles. The lowest BCUT2D eigenvalue weighted by Crippen LogP contribution is -2.35. The fourth-order valence-electron chi connectivity index (χ4n) is 4.09. The molecule has 0 spiro atoms. The van der Waals surface area contributed by atoms with Crippen LogP contribution in [-0.2, 0) is 14.8 Å². The molecule has 1 fully saturated rings. The van der Waals surface area contributed by atoms with E-state index in [1.165, 1.54) is 52.5 Å². The first kappa shape index (κ1) is 28.0. The van der Waals surface area contributed by atoms with Crippen LogP contribution >= 0.6 is 11.8 Å². The number of carbonyl (C=O) groups excluding carboxylic acids is 1. The molecule has 3 aromatic carbocycles. The van der Waals surface area contributed by atoms with Gasteiger partial charge in [-0.1, -0.05) is 48.0 Å². The SMILES string of the molecule is Cc1ccc(Sc2ccc(C=C(C#N)C(=O)Nc3cccc(S(=O)(=O)N4CCCCC4)c3)cc2[N+](=O)[O-])cc1. The number of piperidine rings is 1. The standard InChI is InChI=1S/C28H26N4O5S2/c1-20-8-11-24(12-9-20)38-27-13-10-21(17-26(27)32(34)35)16-22(19-29)28(33)30-23-6-5-7-25(18-23)39(36,37)31-14-3-2-4-15-31/h5-13,16-18H,2-4,14-15H2,1H3,(H,30,33). The van der Waals surface area contributed by atoms with Crippen molar-refractivity contribution in [2.75, 3.05) is 18.4 Å². The first-order valence-electron chi connectivity index (χ1n) is 12.2. The normalized spacial score (nSPS) is 14.4. The molecule has 1 amide bonds. The van der Waals surface area contributed by atoms with Crippen LogP contribution in [0.5, 0.6) is 0 Å². The second-order valence-electron chi connectivity index (χ2n) is 9.02. The molecule has 0 atom stereocenters. The molecular weight excluding hydrogens is 536 g/mol. The van der Waals surface area contributed by atoms with E-state index in [0.717, 1.165) is 29.7 Å². The Hall–Kier alpha value is -3.98. The van der Waals surface area contributed by atoms with Crippen LogP contribution in [0.1, 0.15) is 30.4 Å². The number of nitrogens with zero attached hydrogens (tertiary/aromatic N) is 3.